The molecule has 3 rings (SSSR count). The Morgan fingerprint density at radius 1 is 1.21 bits per heavy atom. The van der Waals surface area contributed by atoms with E-state index in [4.69, 9.17) is 4.74 Å². The van der Waals surface area contributed by atoms with Gasteiger partial charge in [-0.15, -0.1) is 11.3 Å². The molecule has 1 aliphatic heterocycles. The fourth-order valence-electron chi connectivity index (χ4n) is 3.53. The maximum absolute atomic E-state index is 13.3. The van der Waals surface area contributed by atoms with E-state index < -0.39 is 17.7 Å². The summed E-state index contributed by atoms with van der Waals surface area (Å²) >= 11 is 1.28. The third-order valence-corrected chi connectivity index (χ3v) is 5.86. The van der Waals surface area contributed by atoms with Crippen LogP contribution >= 0.6 is 11.3 Å². The van der Waals surface area contributed by atoms with Crippen LogP contribution in [-0.4, -0.2) is 39.8 Å². The Balaban J connectivity index is 2.03. The topological polar surface area (TPSA) is 79.7 Å². The average molecular weight is 415 g/mol. The number of Topliss-reactive ketones (excluding diaryl/α,β-unsaturated/α-hetero) is 1. The Morgan fingerprint density at radius 3 is 2.45 bits per heavy atom. The van der Waals surface area contributed by atoms with E-state index >= 15 is 0 Å². The predicted molar refractivity (Wildman–Crippen MR) is 113 cm³/mol. The Kier molecular flexibility index (Phi) is 6.37. The van der Waals surface area contributed by atoms with Crippen LogP contribution in [0.25, 0.3) is 0 Å². The molecule has 1 unspecified atom stereocenters. The molecule has 7 heteroatoms. The first-order chi connectivity index (χ1) is 13.9. The fraction of sp³-hybridized carbons (Fsp3) is 0.409. The molecule has 0 saturated heterocycles. The summed E-state index contributed by atoms with van der Waals surface area (Å²) in [5.41, 5.74) is 1.50. The molecule has 0 saturated carbocycles. The van der Waals surface area contributed by atoms with Crippen LogP contribution in [0.3, 0.4) is 0 Å². The minimum atomic E-state index is -0.628. The maximum Gasteiger partial charge on any atom is 0.290 e. The normalized spacial score (nSPS) is 16.6. The molecule has 1 aliphatic rings. The molecular weight excluding hydrogens is 388 g/mol. The number of carbonyl (C=O) groups excluding carboxylic acids is 2. The molecule has 1 amide bonds. The smallest absolute Gasteiger partial charge is 0.290 e. The molecule has 1 N–H and O–H groups in total. The van der Waals surface area contributed by atoms with Gasteiger partial charge in [-0.2, -0.15) is 0 Å². The van der Waals surface area contributed by atoms with Crippen molar-refractivity contribution >= 4 is 23.0 Å². The summed E-state index contributed by atoms with van der Waals surface area (Å²) in [5.74, 6) is -0.582. The van der Waals surface area contributed by atoms with Crippen LogP contribution in [0.5, 0.6) is 5.75 Å². The highest BCUT2D eigenvalue weighted by Gasteiger charge is 2.44. The summed E-state index contributed by atoms with van der Waals surface area (Å²) in [6.07, 6.45) is 1.62. The van der Waals surface area contributed by atoms with Crippen molar-refractivity contribution in [3.8, 4) is 5.75 Å². The van der Waals surface area contributed by atoms with E-state index in [2.05, 4.69) is 4.98 Å². The van der Waals surface area contributed by atoms with E-state index in [9.17, 15) is 14.7 Å². The number of rotatable bonds is 8. The first-order valence-electron chi connectivity index (χ1n) is 9.84. The Morgan fingerprint density at radius 2 is 1.90 bits per heavy atom. The molecule has 0 radical (unpaired) electrons. The second-order valence-corrected chi connectivity index (χ2v) is 8.26. The minimum Gasteiger partial charge on any atom is -0.503 e. The fourth-order valence-corrected chi connectivity index (χ4v) is 4.41. The zero-order chi connectivity index (χ0) is 21.1. The number of nitrogens with zero attached hydrogens (tertiary/aromatic N) is 2. The van der Waals surface area contributed by atoms with E-state index in [0.29, 0.717) is 30.1 Å². The van der Waals surface area contributed by atoms with Crippen molar-refractivity contribution in [1.29, 1.82) is 0 Å². The number of aliphatic hydroxyl groups excluding tert-OH is 1. The van der Waals surface area contributed by atoms with Crippen molar-refractivity contribution in [3.05, 3.63) is 56.7 Å². The van der Waals surface area contributed by atoms with Crippen LogP contribution in [0.2, 0.25) is 0 Å². The molecule has 0 spiro atoms. The number of aryl methyl sites for hydroxylation is 2. The Labute approximate surface area is 174 Å². The van der Waals surface area contributed by atoms with Gasteiger partial charge in [0.25, 0.3) is 5.91 Å². The van der Waals surface area contributed by atoms with Gasteiger partial charge in [0.1, 0.15) is 5.75 Å². The zero-order valence-corrected chi connectivity index (χ0v) is 18.0. The lowest BCUT2D eigenvalue weighted by molar-refractivity contribution is -0.129. The second kappa shape index (κ2) is 8.78. The summed E-state index contributed by atoms with van der Waals surface area (Å²) in [6.45, 7) is 8.66. The first kappa shape index (κ1) is 21.0. The highest BCUT2D eigenvalue weighted by Crippen LogP contribution is 2.40. The number of amides is 1. The van der Waals surface area contributed by atoms with Crippen molar-refractivity contribution in [2.24, 2.45) is 0 Å². The van der Waals surface area contributed by atoms with Crippen molar-refractivity contribution < 1.29 is 19.4 Å². The Hall–Kier alpha value is -2.67. The van der Waals surface area contributed by atoms with Crippen molar-refractivity contribution in [2.45, 2.75) is 46.6 Å². The summed E-state index contributed by atoms with van der Waals surface area (Å²) in [4.78, 5) is 32.4. The van der Waals surface area contributed by atoms with Gasteiger partial charge in [-0.3, -0.25) is 9.59 Å². The van der Waals surface area contributed by atoms with Gasteiger partial charge in [-0.25, -0.2) is 4.98 Å². The van der Waals surface area contributed by atoms with E-state index in [1.807, 2.05) is 45.0 Å². The van der Waals surface area contributed by atoms with Gasteiger partial charge in [-0.1, -0.05) is 26.0 Å². The van der Waals surface area contributed by atoms with Crippen LogP contribution in [-0.2, 0) is 4.79 Å². The number of ketones is 1. The molecule has 1 aromatic carbocycles. The molecule has 2 aromatic rings. The van der Waals surface area contributed by atoms with Crippen molar-refractivity contribution in [3.63, 3.8) is 0 Å². The van der Waals surface area contributed by atoms with E-state index in [1.165, 1.54) is 11.3 Å². The third-order valence-electron chi connectivity index (χ3n) is 4.79. The Bertz CT molecular complexity index is 946. The van der Waals surface area contributed by atoms with E-state index in [0.717, 1.165) is 22.7 Å². The average Bonchev–Trinajstić information content (AvgIpc) is 3.17. The van der Waals surface area contributed by atoms with Crippen molar-refractivity contribution in [2.75, 3.05) is 13.2 Å². The molecular formula is C22H26N2O4S. The number of ether oxygens (including phenoxy) is 1. The maximum atomic E-state index is 13.3. The number of thiazole rings is 1. The largest absolute Gasteiger partial charge is 0.503 e. The molecule has 1 atom stereocenters. The van der Waals surface area contributed by atoms with Crippen LogP contribution in [0.1, 0.15) is 58.7 Å². The van der Waals surface area contributed by atoms with Gasteiger partial charge >= 0.3 is 0 Å². The minimum absolute atomic E-state index is 0.123. The summed E-state index contributed by atoms with van der Waals surface area (Å²) < 4.78 is 5.64. The van der Waals surface area contributed by atoms with E-state index in [-0.39, 0.29) is 11.4 Å². The second-order valence-electron chi connectivity index (χ2n) is 7.06. The lowest BCUT2D eigenvalue weighted by Gasteiger charge is -2.26. The lowest BCUT2D eigenvalue weighted by atomic mass is 9.95. The van der Waals surface area contributed by atoms with Gasteiger partial charge in [0.05, 0.1) is 33.8 Å². The number of carbonyl (C=O) groups is 2. The van der Waals surface area contributed by atoms with Gasteiger partial charge in [-0.05, 0) is 44.4 Å². The third kappa shape index (κ3) is 4.05. The molecule has 2 heterocycles. The summed E-state index contributed by atoms with van der Waals surface area (Å²) in [7, 11) is 0. The predicted octanol–water partition coefficient (Wildman–Crippen LogP) is 4.54. The molecule has 0 bridgehead atoms. The standard InChI is InChI=1S/C22H26N2O4S/c1-5-11-24-18(15-7-9-16(10-8-15)28-12-6-2)17(20(26)22(24)27)19(25)21-13(3)23-14(4)29-21/h7-10,18,26H,5-6,11-12H2,1-4H3. The quantitative estimate of drug-likeness (QED) is 0.642. The van der Waals surface area contributed by atoms with Gasteiger partial charge in [0.15, 0.2) is 5.76 Å². The monoisotopic (exact) mass is 414 g/mol. The van der Waals surface area contributed by atoms with Gasteiger partial charge in [0.2, 0.25) is 5.78 Å². The molecule has 0 aliphatic carbocycles. The highest BCUT2D eigenvalue weighted by atomic mass is 32.1. The van der Waals surface area contributed by atoms with E-state index in [1.54, 1.807) is 11.8 Å². The molecule has 0 fully saturated rings. The SMILES string of the molecule is CCCOc1ccc(C2C(C(=O)c3sc(C)nc3C)=C(O)C(=O)N2CCC)cc1. The number of aromatic nitrogens is 1. The van der Waals surface area contributed by atoms with Crippen LogP contribution in [0.15, 0.2) is 35.6 Å². The molecule has 6 nitrogen and oxygen atoms in total. The molecule has 29 heavy (non-hydrogen) atoms. The molecule has 154 valence electrons. The van der Waals surface area contributed by atoms with Gasteiger partial charge in [0, 0.05) is 6.54 Å². The zero-order valence-electron chi connectivity index (χ0n) is 17.2. The van der Waals surface area contributed by atoms with Crippen molar-refractivity contribution in [1.82, 2.24) is 9.88 Å². The first-order valence-corrected chi connectivity index (χ1v) is 10.7. The number of benzene rings is 1. The summed E-state index contributed by atoms with van der Waals surface area (Å²) in [5, 5.41) is 11.4. The summed E-state index contributed by atoms with van der Waals surface area (Å²) in [6, 6.07) is 6.74. The number of hydrogen-bond donors (Lipinski definition) is 1. The lowest BCUT2D eigenvalue weighted by Crippen LogP contribution is -2.31. The molecule has 1 aromatic heterocycles. The van der Waals surface area contributed by atoms with Crippen LogP contribution in [0, 0.1) is 13.8 Å². The number of hydrogen-bond acceptors (Lipinski definition) is 6. The highest BCUT2D eigenvalue weighted by molar-refractivity contribution is 7.14. The van der Waals surface area contributed by atoms with Gasteiger partial charge < -0.3 is 14.7 Å². The number of aliphatic hydroxyl groups is 1. The van der Waals surface area contributed by atoms with Crippen LogP contribution in [0.4, 0.5) is 0 Å². The van der Waals surface area contributed by atoms with Crippen LogP contribution < -0.4 is 4.74 Å².